The van der Waals surface area contributed by atoms with Crippen molar-refractivity contribution in [2.45, 2.75) is 82.1 Å². The number of aliphatic hydroxyl groups excluding tert-OH is 1. The number of halogens is 1. The van der Waals surface area contributed by atoms with Gasteiger partial charge in [-0.15, -0.1) is 0 Å². The number of hydrogen-bond acceptors (Lipinski definition) is 5. The summed E-state index contributed by atoms with van der Waals surface area (Å²) in [6.07, 6.45) is 0.749. The third kappa shape index (κ3) is 5.59. The molecule has 10 heteroatoms. The maximum absolute atomic E-state index is 16.5. The molecule has 1 saturated heterocycles. The van der Waals surface area contributed by atoms with Gasteiger partial charge in [0.15, 0.2) is 5.60 Å². The summed E-state index contributed by atoms with van der Waals surface area (Å²) in [5, 5.41) is 10.3. The molecule has 268 valence electrons. The zero-order valence-corrected chi connectivity index (χ0v) is 30.8. The first-order chi connectivity index (χ1) is 25.0. The van der Waals surface area contributed by atoms with Gasteiger partial charge in [0.05, 0.1) is 43.1 Å². The number of rotatable bonds is 7. The lowest BCUT2D eigenvalue weighted by Gasteiger charge is -2.37. The Kier molecular flexibility index (Phi) is 8.67. The molecular formula is C42H44FN3O5Si. The Labute approximate surface area is 305 Å². The fraction of sp³-hybridized carbons (Fsp3) is 0.357. The third-order valence-electron chi connectivity index (χ3n) is 11.7. The number of benzene rings is 4. The largest absolute Gasteiger partial charge is 0.394 e. The summed E-state index contributed by atoms with van der Waals surface area (Å²) in [6.45, 7) is 5.57. The van der Waals surface area contributed by atoms with Crippen molar-refractivity contribution in [1.29, 1.82) is 0 Å². The van der Waals surface area contributed by atoms with Gasteiger partial charge in [-0.3, -0.25) is 19.3 Å². The summed E-state index contributed by atoms with van der Waals surface area (Å²) >= 11 is 0. The summed E-state index contributed by atoms with van der Waals surface area (Å²) in [4.78, 5) is 47.5. The van der Waals surface area contributed by atoms with Crippen LogP contribution in [0.15, 0.2) is 97.1 Å². The normalized spacial score (nSPS) is 25.4. The van der Waals surface area contributed by atoms with Gasteiger partial charge in [-0.1, -0.05) is 79.7 Å². The van der Waals surface area contributed by atoms with E-state index >= 15 is 4.11 Å². The molecule has 0 aromatic heterocycles. The number of amides is 3. The zero-order chi connectivity index (χ0) is 36.4. The second-order valence-corrected chi connectivity index (χ2v) is 19.0. The molecule has 4 aliphatic heterocycles. The van der Waals surface area contributed by atoms with Gasteiger partial charge in [0, 0.05) is 35.7 Å². The van der Waals surface area contributed by atoms with Crippen molar-refractivity contribution in [3.8, 4) is 0 Å². The second kappa shape index (κ2) is 13.1. The van der Waals surface area contributed by atoms with E-state index in [-0.39, 0.29) is 37.3 Å². The van der Waals surface area contributed by atoms with E-state index in [1.165, 1.54) is 0 Å². The van der Waals surface area contributed by atoms with Crippen molar-refractivity contribution in [2.24, 2.45) is 5.92 Å². The van der Waals surface area contributed by atoms with E-state index in [9.17, 15) is 19.5 Å². The van der Waals surface area contributed by atoms with Crippen molar-refractivity contribution < 1.29 is 28.3 Å². The van der Waals surface area contributed by atoms with Crippen LogP contribution in [0.3, 0.4) is 0 Å². The Morgan fingerprint density at radius 3 is 2.35 bits per heavy atom. The first-order valence-corrected chi connectivity index (χ1v) is 21.2. The zero-order valence-electron chi connectivity index (χ0n) is 29.8. The van der Waals surface area contributed by atoms with Crippen LogP contribution in [0.5, 0.6) is 0 Å². The maximum atomic E-state index is 16.5. The quantitative estimate of drug-likeness (QED) is 0.165. The number of anilines is 3. The summed E-state index contributed by atoms with van der Waals surface area (Å²) in [5.41, 5.74) is 4.98. The standard InChI is InChI=1S/C42H44FN3O5Si/c1-27-40(52(2,3)43)37(23-39(49)44-25-31-14-5-4-13-30(31)22-33(44)26-47)51-42(27)34-16-7-9-18-36(34)45(41(42)50)24-28-11-10-15-32(21-28)46-35-17-8-6-12-29(35)19-20-38(46)48/h4-18,21,27,33,37,40,47H,19-20,22-26H2,1-3H3/t27-,33+,37+,40-,42+/m1/s1. The highest BCUT2D eigenvalue weighted by atomic mass is 28.4. The molecule has 5 atom stereocenters. The lowest BCUT2D eigenvalue weighted by atomic mass is 9.82. The topological polar surface area (TPSA) is 90.4 Å². The number of aryl methyl sites for hydroxylation is 1. The second-order valence-electron chi connectivity index (χ2n) is 15.2. The summed E-state index contributed by atoms with van der Waals surface area (Å²) in [7, 11) is -3.51. The Hall–Kier alpha value is -4.64. The van der Waals surface area contributed by atoms with Crippen LogP contribution < -0.4 is 9.80 Å². The van der Waals surface area contributed by atoms with E-state index in [2.05, 4.69) is 0 Å². The maximum Gasteiger partial charge on any atom is 0.264 e. The van der Waals surface area contributed by atoms with Gasteiger partial charge >= 0.3 is 0 Å². The number of carbonyl (C=O) groups is 3. The predicted molar refractivity (Wildman–Crippen MR) is 200 cm³/mol. The molecule has 52 heavy (non-hydrogen) atoms. The highest BCUT2D eigenvalue weighted by Crippen LogP contribution is 2.60. The summed E-state index contributed by atoms with van der Waals surface area (Å²) < 4.78 is 23.4. The van der Waals surface area contributed by atoms with Gasteiger partial charge in [-0.25, -0.2) is 0 Å². The lowest BCUT2D eigenvalue weighted by molar-refractivity contribution is -0.151. The molecule has 1 N–H and O–H groups in total. The van der Waals surface area contributed by atoms with Gasteiger partial charge in [-0.05, 0) is 72.5 Å². The van der Waals surface area contributed by atoms with Crippen LogP contribution in [0, 0.1) is 5.92 Å². The fourth-order valence-corrected chi connectivity index (χ4v) is 11.9. The van der Waals surface area contributed by atoms with Crippen molar-refractivity contribution in [2.75, 3.05) is 16.4 Å². The van der Waals surface area contributed by atoms with Crippen LogP contribution in [-0.2, 0) is 50.7 Å². The Bertz CT molecular complexity index is 2070. The van der Waals surface area contributed by atoms with E-state index in [1.54, 1.807) is 27.8 Å². The summed E-state index contributed by atoms with van der Waals surface area (Å²) in [6, 6.07) is 30.7. The number of fused-ring (bicyclic) bond motifs is 4. The minimum absolute atomic E-state index is 0.0225. The molecule has 8 nitrogen and oxygen atoms in total. The SMILES string of the molecule is C[C@@H]1[C@@H]([Si](C)(C)F)[C@H](CC(=O)N2Cc3ccccc3C[C@H]2CO)O[C@@]12C(=O)N(Cc1cccc(N3C(=O)CCc4ccccc43)c1)c1ccccc12. The number of aliphatic hydroxyl groups is 1. The average molecular weight is 718 g/mol. The smallest absolute Gasteiger partial charge is 0.264 e. The molecular weight excluding hydrogens is 674 g/mol. The van der Waals surface area contributed by atoms with E-state index in [0.29, 0.717) is 37.1 Å². The van der Waals surface area contributed by atoms with Crippen LogP contribution in [0.4, 0.5) is 21.2 Å². The molecule has 1 spiro atoms. The van der Waals surface area contributed by atoms with E-state index in [4.69, 9.17) is 4.74 Å². The van der Waals surface area contributed by atoms with E-state index in [1.807, 2.05) is 104 Å². The molecule has 1 fully saturated rings. The van der Waals surface area contributed by atoms with Crippen molar-refractivity contribution in [1.82, 2.24) is 4.90 Å². The predicted octanol–water partition coefficient (Wildman–Crippen LogP) is 6.96. The Morgan fingerprint density at radius 2 is 1.60 bits per heavy atom. The van der Waals surface area contributed by atoms with Crippen molar-refractivity contribution in [3.05, 3.63) is 125 Å². The molecule has 0 radical (unpaired) electrons. The molecule has 4 heterocycles. The molecule has 4 aliphatic rings. The van der Waals surface area contributed by atoms with Crippen LogP contribution >= 0.6 is 0 Å². The molecule has 0 aliphatic carbocycles. The fourth-order valence-electron chi connectivity index (χ4n) is 9.38. The van der Waals surface area contributed by atoms with Gasteiger partial charge in [-0.2, -0.15) is 0 Å². The van der Waals surface area contributed by atoms with Crippen LogP contribution in [0.25, 0.3) is 0 Å². The van der Waals surface area contributed by atoms with Gasteiger partial charge in [0.25, 0.3) is 5.91 Å². The monoisotopic (exact) mass is 717 g/mol. The molecule has 0 saturated carbocycles. The highest BCUT2D eigenvalue weighted by Gasteiger charge is 2.67. The average Bonchev–Trinajstić information content (AvgIpc) is 3.57. The molecule has 4 aromatic rings. The molecule has 3 amide bonds. The van der Waals surface area contributed by atoms with Crippen molar-refractivity contribution >= 4 is 43.2 Å². The molecule has 0 unspecified atom stereocenters. The minimum atomic E-state index is -3.51. The Balaban J connectivity index is 1.10. The minimum Gasteiger partial charge on any atom is -0.394 e. The van der Waals surface area contributed by atoms with Crippen molar-refractivity contribution in [3.63, 3.8) is 0 Å². The van der Waals surface area contributed by atoms with Gasteiger partial charge < -0.3 is 23.8 Å². The van der Waals surface area contributed by atoms with Crippen LogP contribution in [0.1, 0.15) is 47.6 Å². The van der Waals surface area contributed by atoms with Gasteiger partial charge in [0.1, 0.15) is 0 Å². The van der Waals surface area contributed by atoms with Gasteiger partial charge in [0.2, 0.25) is 20.2 Å². The molecule has 0 bridgehead atoms. The van der Waals surface area contributed by atoms with Crippen LogP contribution in [-0.4, -0.2) is 54.9 Å². The third-order valence-corrected chi connectivity index (χ3v) is 14.2. The molecule has 4 aromatic carbocycles. The van der Waals surface area contributed by atoms with E-state index in [0.717, 1.165) is 33.6 Å². The number of ether oxygens (including phenoxy) is 1. The Morgan fingerprint density at radius 1 is 0.904 bits per heavy atom. The lowest BCUT2D eigenvalue weighted by Crippen LogP contribution is -2.48. The number of nitrogens with zero attached hydrogens (tertiary/aromatic N) is 3. The van der Waals surface area contributed by atoms with Crippen LogP contribution in [0.2, 0.25) is 18.6 Å². The first-order valence-electron chi connectivity index (χ1n) is 18.3. The first kappa shape index (κ1) is 34.4. The number of para-hydroxylation sites is 2. The van der Waals surface area contributed by atoms with E-state index < -0.39 is 37.6 Å². The summed E-state index contributed by atoms with van der Waals surface area (Å²) in [5.74, 6) is -1.01. The highest BCUT2D eigenvalue weighted by molar-refractivity contribution is 6.72. The molecule has 8 rings (SSSR count). The number of carbonyl (C=O) groups excluding carboxylic acids is 3. The number of hydrogen-bond donors (Lipinski definition) is 1.